The maximum absolute atomic E-state index is 13.3. The summed E-state index contributed by atoms with van der Waals surface area (Å²) < 4.78 is 5.42. The number of carbonyl (C=O) groups excluding carboxylic acids is 2. The number of amides is 1. The SMILES string of the molecule is CN(C(=O)CC1CCOCC1)[C@H]1CC[C@@H](Nc2ncnc3[nH]cc(C(=O)c4ccccc4Cl)c23)CC1. The third-order valence-electron chi connectivity index (χ3n) is 7.62. The number of ether oxygens (including phenoxy) is 1. The number of aromatic nitrogens is 3. The van der Waals surface area contributed by atoms with Gasteiger partial charge >= 0.3 is 0 Å². The third-order valence-corrected chi connectivity index (χ3v) is 7.95. The number of carbonyl (C=O) groups is 2. The smallest absolute Gasteiger partial charge is 0.222 e. The number of nitrogens with zero attached hydrogens (tertiary/aromatic N) is 3. The number of hydrogen-bond acceptors (Lipinski definition) is 6. The van der Waals surface area contributed by atoms with Gasteiger partial charge in [0.05, 0.1) is 16.0 Å². The lowest BCUT2D eigenvalue weighted by molar-refractivity contribution is -0.134. The van der Waals surface area contributed by atoms with Crippen LogP contribution < -0.4 is 5.32 Å². The Morgan fingerprint density at radius 1 is 1.08 bits per heavy atom. The Balaban J connectivity index is 1.24. The molecule has 1 saturated heterocycles. The lowest BCUT2D eigenvalue weighted by Crippen LogP contribution is -2.42. The Hall–Kier alpha value is -2.97. The molecule has 0 unspecified atom stereocenters. The largest absolute Gasteiger partial charge is 0.381 e. The van der Waals surface area contributed by atoms with Crippen molar-refractivity contribution in [1.29, 1.82) is 0 Å². The number of fused-ring (bicyclic) bond motifs is 1. The molecule has 3 aromatic rings. The number of H-pyrrole nitrogens is 1. The predicted molar refractivity (Wildman–Crippen MR) is 139 cm³/mol. The summed E-state index contributed by atoms with van der Waals surface area (Å²) in [6.45, 7) is 1.53. The van der Waals surface area contributed by atoms with Crippen molar-refractivity contribution in [2.45, 2.75) is 57.0 Å². The van der Waals surface area contributed by atoms with Gasteiger partial charge < -0.3 is 19.9 Å². The lowest BCUT2D eigenvalue weighted by atomic mass is 9.89. The van der Waals surface area contributed by atoms with Gasteiger partial charge in [0, 0.05) is 50.5 Å². The first-order valence-electron chi connectivity index (χ1n) is 12.7. The van der Waals surface area contributed by atoms with Crippen LogP contribution in [0.3, 0.4) is 0 Å². The highest BCUT2D eigenvalue weighted by Gasteiger charge is 2.29. The van der Waals surface area contributed by atoms with Gasteiger partial charge in [0.2, 0.25) is 5.91 Å². The van der Waals surface area contributed by atoms with E-state index in [-0.39, 0.29) is 23.8 Å². The summed E-state index contributed by atoms with van der Waals surface area (Å²) in [5.74, 6) is 1.16. The van der Waals surface area contributed by atoms with Crippen molar-refractivity contribution in [2.24, 2.45) is 5.92 Å². The highest BCUT2D eigenvalue weighted by molar-refractivity contribution is 6.35. The first-order valence-corrected chi connectivity index (χ1v) is 13.1. The molecule has 8 nitrogen and oxygen atoms in total. The van der Waals surface area contributed by atoms with Crippen LogP contribution in [0, 0.1) is 5.92 Å². The Kier molecular flexibility index (Phi) is 7.53. The number of benzene rings is 1. The van der Waals surface area contributed by atoms with Crippen LogP contribution in [0.1, 0.15) is 60.9 Å². The second-order valence-corrected chi connectivity index (χ2v) is 10.3. The van der Waals surface area contributed by atoms with Crippen LogP contribution in [0.25, 0.3) is 11.0 Å². The van der Waals surface area contributed by atoms with E-state index in [1.165, 1.54) is 6.33 Å². The van der Waals surface area contributed by atoms with Crippen LogP contribution in [0.15, 0.2) is 36.8 Å². The molecule has 0 atom stereocenters. The van der Waals surface area contributed by atoms with Crippen LogP contribution in [0.5, 0.6) is 0 Å². The number of anilines is 1. The van der Waals surface area contributed by atoms with Crippen LogP contribution in [0.4, 0.5) is 5.82 Å². The lowest BCUT2D eigenvalue weighted by Gasteiger charge is -2.36. The van der Waals surface area contributed by atoms with Crippen LogP contribution >= 0.6 is 11.6 Å². The first kappa shape index (κ1) is 24.7. The van der Waals surface area contributed by atoms with Gasteiger partial charge in [0.15, 0.2) is 5.78 Å². The second kappa shape index (κ2) is 11.0. The average Bonchev–Trinajstić information content (AvgIpc) is 3.34. The number of halogens is 1. The minimum Gasteiger partial charge on any atom is -0.381 e. The van der Waals surface area contributed by atoms with Crippen LogP contribution in [-0.2, 0) is 9.53 Å². The molecule has 2 aromatic heterocycles. The maximum atomic E-state index is 13.3. The van der Waals surface area contributed by atoms with Crippen molar-refractivity contribution < 1.29 is 14.3 Å². The Morgan fingerprint density at radius 2 is 1.83 bits per heavy atom. The summed E-state index contributed by atoms with van der Waals surface area (Å²) in [4.78, 5) is 40.0. The molecule has 1 saturated carbocycles. The van der Waals surface area contributed by atoms with Gasteiger partial charge in [0.1, 0.15) is 17.8 Å². The summed E-state index contributed by atoms with van der Waals surface area (Å²) in [7, 11) is 1.94. The maximum Gasteiger partial charge on any atom is 0.222 e. The fourth-order valence-electron chi connectivity index (χ4n) is 5.39. The molecule has 2 N–H and O–H groups in total. The highest BCUT2D eigenvalue weighted by Crippen LogP contribution is 2.31. The molecule has 190 valence electrons. The molecule has 2 aliphatic rings. The number of aromatic amines is 1. The van der Waals surface area contributed by atoms with Gasteiger partial charge in [0.25, 0.3) is 0 Å². The molecule has 1 aliphatic carbocycles. The first-order chi connectivity index (χ1) is 17.5. The average molecular weight is 510 g/mol. The Morgan fingerprint density at radius 3 is 2.58 bits per heavy atom. The van der Waals surface area contributed by atoms with Crippen molar-refractivity contribution in [1.82, 2.24) is 19.9 Å². The zero-order valence-corrected chi connectivity index (χ0v) is 21.3. The number of rotatable bonds is 7. The van der Waals surface area contributed by atoms with Crippen molar-refractivity contribution in [3.8, 4) is 0 Å². The molecule has 1 amide bonds. The van der Waals surface area contributed by atoms with E-state index in [1.54, 1.807) is 30.5 Å². The summed E-state index contributed by atoms with van der Waals surface area (Å²) in [5.41, 5.74) is 1.55. The Labute approximate surface area is 215 Å². The van der Waals surface area contributed by atoms with Crippen LogP contribution in [-0.4, -0.2) is 63.9 Å². The van der Waals surface area contributed by atoms with Crippen molar-refractivity contribution in [2.75, 3.05) is 25.6 Å². The molecule has 9 heteroatoms. The molecule has 2 fully saturated rings. The topological polar surface area (TPSA) is 100 Å². The molecule has 5 rings (SSSR count). The van der Waals surface area contributed by atoms with Gasteiger partial charge in [-0.2, -0.15) is 0 Å². The summed E-state index contributed by atoms with van der Waals surface area (Å²) >= 11 is 6.29. The molecular weight excluding hydrogens is 478 g/mol. The Bertz CT molecular complexity index is 1230. The van der Waals surface area contributed by atoms with E-state index in [9.17, 15) is 9.59 Å². The normalized spacial score (nSPS) is 20.8. The predicted octanol–water partition coefficient (Wildman–Crippen LogP) is 4.84. The van der Waals surface area contributed by atoms with E-state index in [2.05, 4.69) is 20.3 Å². The third kappa shape index (κ3) is 5.25. The van der Waals surface area contributed by atoms with Gasteiger partial charge in [-0.05, 0) is 56.6 Å². The van der Waals surface area contributed by atoms with E-state index >= 15 is 0 Å². The van der Waals surface area contributed by atoms with Crippen molar-refractivity contribution in [3.63, 3.8) is 0 Å². The van der Waals surface area contributed by atoms with Crippen LogP contribution in [0.2, 0.25) is 5.02 Å². The van der Waals surface area contributed by atoms with E-state index in [1.807, 2.05) is 11.9 Å². The zero-order chi connectivity index (χ0) is 25.1. The second-order valence-electron chi connectivity index (χ2n) is 9.87. The van der Waals surface area contributed by atoms with Gasteiger partial charge in [-0.25, -0.2) is 9.97 Å². The minimum atomic E-state index is -0.168. The van der Waals surface area contributed by atoms with Crippen molar-refractivity contribution >= 4 is 40.1 Å². The molecule has 36 heavy (non-hydrogen) atoms. The standard InChI is InChI=1S/C27H32ClN5O3/c1-33(23(34)14-17-10-12-36-13-11-17)19-8-6-18(7-9-19)32-27-24-21(15-29-26(24)30-16-31-27)25(35)20-4-2-3-5-22(20)28/h2-5,15-19H,6-14H2,1H3,(H2,29,30,31,32)/t18-,19+. The van der Waals surface area contributed by atoms with Crippen molar-refractivity contribution in [3.05, 3.63) is 52.9 Å². The molecular formula is C27H32ClN5O3. The summed E-state index contributed by atoms with van der Waals surface area (Å²) in [6, 6.07) is 7.50. The zero-order valence-electron chi connectivity index (χ0n) is 20.5. The fourth-order valence-corrected chi connectivity index (χ4v) is 5.61. The van der Waals surface area contributed by atoms with E-state index in [0.717, 1.165) is 51.7 Å². The number of hydrogen-bond donors (Lipinski definition) is 2. The van der Waals surface area contributed by atoms with E-state index < -0.39 is 0 Å². The molecule has 3 heterocycles. The van der Waals surface area contributed by atoms with Gasteiger partial charge in [-0.15, -0.1) is 0 Å². The van der Waals surface area contributed by atoms with E-state index in [0.29, 0.717) is 45.3 Å². The summed E-state index contributed by atoms with van der Waals surface area (Å²) in [5, 5.41) is 4.64. The fraction of sp³-hybridized carbons (Fsp3) is 0.481. The molecule has 1 aliphatic heterocycles. The molecule has 1 aromatic carbocycles. The molecule has 0 spiro atoms. The number of ketones is 1. The monoisotopic (exact) mass is 509 g/mol. The van der Waals surface area contributed by atoms with Gasteiger partial charge in [-0.1, -0.05) is 23.7 Å². The van der Waals surface area contributed by atoms with E-state index in [4.69, 9.17) is 16.3 Å². The quantitative estimate of drug-likeness (QED) is 0.442. The van der Waals surface area contributed by atoms with Gasteiger partial charge in [-0.3, -0.25) is 9.59 Å². The summed E-state index contributed by atoms with van der Waals surface area (Å²) in [6.07, 6.45) is 9.44. The molecule has 0 bridgehead atoms. The molecule has 0 radical (unpaired) electrons. The minimum absolute atomic E-state index is 0.168. The highest BCUT2D eigenvalue weighted by atomic mass is 35.5. The number of nitrogens with one attached hydrogen (secondary N) is 2.